The highest BCUT2D eigenvalue weighted by molar-refractivity contribution is 6.24. The number of rotatable bonds is 2. The molecular weight excluding hydrogens is 284 g/mol. The minimum atomic E-state index is 0.0394. The summed E-state index contributed by atoms with van der Waals surface area (Å²) in [6.07, 6.45) is 5.88. The average Bonchev–Trinajstić information content (AvgIpc) is 2.41. The summed E-state index contributed by atoms with van der Waals surface area (Å²) >= 11 is 6.81. The second-order valence-electron chi connectivity index (χ2n) is 7.03. The van der Waals surface area contributed by atoms with E-state index in [2.05, 4.69) is 0 Å². The first-order chi connectivity index (χ1) is 10.1. The smallest absolute Gasteiger partial charge is 0.125 e. The van der Waals surface area contributed by atoms with Crippen molar-refractivity contribution < 1.29 is 9.84 Å². The molecule has 4 bridgehead atoms. The highest BCUT2D eigenvalue weighted by Crippen LogP contribution is 2.61. The lowest BCUT2D eigenvalue weighted by Crippen LogP contribution is -2.48. The van der Waals surface area contributed by atoms with Crippen molar-refractivity contribution in [2.45, 2.75) is 37.0 Å². The van der Waals surface area contributed by atoms with E-state index in [0.29, 0.717) is 17.6 Å². The van der Waals surface area contributed by atoms with E-state index in [1.807, 2.05) is 12.1 Å². The Balaban J connectivity index is 1.80. The molecule has 0 saturated heterocycles. The Labute approximate surface area is 130 Å². The number of aromatic hydroxyl groups is 1. The third-order valence-electron chi connectivity index (χ3n) is 5.57. The van der Waals surface area contributed by atoms with E-state index in [9.17, 15) is 5.11 Å². The van der Waals surface area contributed by atoms with Crippen LogP contribution in [0.4, 0.5) is 0 Å². The van der Waals surface area contributed by atoms with E-state index in [0.717, 1.165) is 30.1 Å². The van der Waals surface area contributed by atoms with Gasteiger partial charge in [0.2, 0.25) is 0 Å². The molecule has 0 heterocycles. The lowest BCUT2D eigenvalue weighted by Gasteiger charge is -2.55. The first kappa shape index (κ1) is 13.5. The molecule has 0 amide bonds. The van der Waals surface area contributed by atoms with Gasteiger partial charge in [-0.15, -0.1) is 11.6 Å². The minimum absolute atomic E-state index is 0.0394. The standard InChI is InChI=1S/C18H21ClO2/c1-21-17(12-3-2-4-15(20)7-12)16-13-5-11-6-14(16)10-18(19,8-11)9-13/h2-4,7,11,13-14,20H,5-6,8-10H2,1H3/b17-16-/t11?,13-,14+,18?/m0/s1. The summed E-state index contributed by atoms with van der Waals surface area (Å²) in [4.78, 5) is 0.0394. The molecule has 0 spiro atoms. The van der Waals surface area contributed by atoms with Crippen molar-refractivity contribution >= 4 is 17.4 Å². The molecule has 4 fully saturated rings. The molecule has 3 heteroatoms. The molecule has 0 radical (unpaired) electrons. The molecule has 1 aromatic rings. The van der Waals surface area contributed by atoms with E-state index in [1.54, 1.807) is 19.2 Å². The fourth-order valence-corrected chi connectivity index (χ4v) is 5.70. The Bertz CT molecular complexity index is 589. The number of phenols is 1. The SMILES string of the molecule is CO/C(=C1\[C@@H]2CC3C[C@H]1CC(Cl)(C3)C2)c1cccc(O)c1. The molecule has 1 N–H and O–H groups in total. The quantitative estimate of drug-likeness (QED) is 0.641. The van der Waals surface area contributed by atoms with Crippen LogP contribution < -0.4 is 0 Å². The van der Waals surface area contributed by atoms with Crippen LogP contribution in [0.1, 0.15) is 37.7 Å². The Morgan fingerprint density at radius 3 is 2.52 bits per heavy atom. The van der Waals surface area contributed by atoms with Gasteiger partial charge >= 0.3 is 0 Å². The Morgan fingerprint density at radius 1 is 1.24 bits per heavy atom. The van der Waals surface area contributed by atoms with Gasteiger partial charge < -0.3 is 9.84 Å². The average molecular weight is 305 g/mol. The predicted octanol–water partition coefficient (Wildman–Crippen LogP) is 4.57. The third-order valence-corrected chi connectivity index (χ3v) is 6.03. The monoisotopic (exact) mass is 304 g/mol. The van der Waals surface area contributed by atoms with E-state index in [-0.39, 0.29) is 4.87 Å². The maximum absolute atomic E-state index is 9.75. The molecule has 2 nitrogen and oxygen atoms in total. The van der Waals surface area contributed by atoms with Gasteiger partial charge in [0.1, 0.15) is 11.5 Å². The lowest BCUT2D eigenvalue weighted by atomic mass is 9.53. The normalized spacial score (nSPS) is 39.4. The van der Waals surface area contributed by atoms with Crippen LogP contribution in [0.25, 0.3) is 5.76 Å². The van der Waals surface area contributed by atoms with Crippen LogP contribution in [0.15, 0.2) is 29.8 Å². The van der Waals surface area contributed by atoms with E-state index in [1.165, 1.54) is 24.8 Å². The van der Waals surface area contributed by atoms with Gasteiger partial charge in [-0.1, -0.05) is 12.1 Å². The van der Waals surface area contributed by atoms with Crippen molar-refractivity contribution in [2.75, 3.05) is 7.11 Å². The van der Waals surface area contributed by atoms with Crippen molar-refractivity contribution in [3.05, 3.63) is 35.4 Å². The number of phenolic OH excluding ortho intramolecular Hbond substituents is 1. The van der Waals surface area contributed by atoms with Gasteiger partial charge in [0, 0.05) is 10.4 Å². The summed E-state index contributed by atoms with van der Waals surface area (Å²) in [5.74, 6) is 3.18. The maximum atomic E-state index is 9.75. The van der Waals surface area contributed by atoms with Crippen molar-refractivity contribution in [1.82, 2.24) is 0 Å². The van der Waals surface area contributed by atoms with Crippen molar-refractivity contribution in [1.29, 1.82) is 0 Å². The van der Waals surface area contributed by atoms with E-state index < -0.39 is 0 Å². The second kappa shape index (κ2) is 4.67. The molecule has 0 aliphatic heterocycles. The maximum Gasteiger partial charge on any atom is 0.125 e. The third kappa shape index (κ3) is 2.15. The van der Waals surface area contributed by atoms with E-state index >= 15 is 0 Å². The summed E-state index contributed by atoms with van der Waals surface area (Å²) in [5, 5.41) is 9.75. The highest BCUT2D eigenvalue weighted by Gasteiger charge is 2.53. The number of halogens is 1. The Kier molecular flexibility index (Phi) is 3.01. The fourth-order valence-electron chi connectivity index (χ4n) is 5.11. The minimum Gasteiger partial charge on any atom is -0.508 e. The van der Waals surface area contributed by atoms with Crippen LogP contribution in [-0.4, -0.2) is 17.1 Å². The van der Waals surface area contributed by atoms with Crippen molar-refractivity contribution in [2.24, 2.45) is 17.8 Å². The summed E-state index contributed by atoms with van der Waals surface area (Å²) in [7, 11) is 1.74. The zero-order valence-corrected chi connectivity index (χ0v) is 13.1. The number of alkyl halides is 1. The zero-order chi connectivity index (χ0) is 14.6. The number of methoxy groups -OCH3 is 1. The van der Waals surface area contributed by atoms with Crippen molar-refractivity contribution in [3.63, 3.8) is 0 Å². The highest BCUT2D eigenvalue weighted by atomic mass is 35.5. The number of ether oxygens (including phenoxy) is 1. The molecular formula is C18H21ClO2. The largest absolute Gasteiger partial charge is 0.508 e. The number of hydrogen-bond acceptors (Lipinski definition) is 2. The Morgan fingerprint density at radius 2 is 1.95 bits per heavy atom. The molecule has 2 unspecified atom stereocenters. The number of allylic oxidation sites excluding steroid dienone is 1. The first-order valence-electron chi connectivity index (χ1n) is 7.84. The van der Waals surface area contributed by atoms with Gasteiger partial charge in [0.05, 0.1) is 7.11 Å². The molecule has 0 aromatic heterocycles. The second-order valence-corrected chi connectivity index (χ2v) is 7.84. The fraction of sp³-hybridized carbons (Fsp3) is 0.556. The molecule has 4 aliphatic rings. The van der Waals surface area contributed by atoms with Crippen LogP contribution >= 0.6 is 11.6 Å². The predicted molar refractivity (Wildman–Crippen MR) is 84.2 cm³/mol. The Hall–Kier alpha value is -1.15. The van der Waals surface area contributed by atoms with Gasteiger partial charge in [-0.3, -0.25) is 0 Å². The molecule has 4 saturated carbocycles. The number of hydrogen-bond donors (Lipinski definition) is 1. The first-order valence-corrected chi connectivity index (χ1v) is 8.22. The van der Waals surface area contributed by atoms with Crippen molar-refractivity contribution in [3.8, 4) is 5.75 Å². The number of benzene rings is 1. The van der Waals surface area contributed by atoms with Gasteiger partial charge in [0.15, 0.2) is 0 Å². The molecule has 5 rings (SSSR count). The van der Waals surface area contributed by atoms with Gasteiger partial charge in [-0.2, -0.15) is 0 Å². The summed E-state index contributed by atoms with van der Waals surface area (Å²) < 4.78 is 5.78. The summed E-state index contributed by atoms with van der Waals surface area (Å²) in [5.41, 5.74) is 2.44. The molecule has 4 atom stereocenters. The summed E-state index contributed by atoms with van der Waals surface area (Å²) in [6, 6.07) is 7.40. The topological polar surface area (TPSA) is 29.5 Å². The lowest BCUT2D eigenvalue weighted by molar-refractivity contribution is 0.0843. The van der Waals surface area contributed by atoms with Crippen LogP contribution in [0.2, 0.25) is 0 Å². The van der Waals surface area contributed by atoms with Crippen LogP contribution in [0.3, 0.4) is 0 Å². The molecule has 4 aliphatic carbocycles. The van der Waals surface area contributed by atoms with Gasteiger partial charge in [-0.25, -0.2) is 0 Å². The molecule has 21 heavy (non-hydrogen) atoms. The molecule has 112 valence electrons. The summed E-state index contributed by atoms with van der Waals surface area (Å²) in [6.45, 7) is 0. The van der Waals surface area contributed by atoms with Gasteiger partial charge in [-0.05, 0) is 67.6 Å². The zero-order valence-electron chi connectivity index (χ0n) is 12.3. The van der Waals surface area contributed by atoms with E-state index in [4.69, 9.17) is 16.3 Å². The van der Waals surface area contributed by atoms with Crippen LogP contribution in [-0.2, 0) is 4.74 Å². The van der Waals surface area contributed by atoms with Crippen LogP contribution in [0, 0.1) is 17.8 Å². The van der Waals surface area contributed by atoms with Crippen LogP contribution in [0.5, 0.6) is 5.75 Å². The molecule has 1 aromatic carbocycles. The van der Waals surface area contributed by atoms with Gasteiger partial charge in [0.25, 0.3) is 0 Å².